The molecule has 0 unspecified atom stereocenters. The number of aromatic nitrogens is 2. The lowest BCUT2D eigenvalue weighted by molar-refractivity contribution is -0.133. The summed E-state index contributed by atoms with van der Waals surface area (Å²) in [5.41, 5.74) is 6.93. The number of rotatable bonds is 4. The number of aliphatic imine (C=N–C) groups is 1. The maximum absolute atomic E-state index is 12.4. The Morgan fingerprint density at radius 1 is 1.32 bits per heavy atom. The number of ether oxygens (including phenoxy) is 1. The fourth-order valence-electron chi connectivity index (χ4n) is 3.48. The van der Waals surface area contributed by atoms with E-state index < -0.39 is 0 Å². The summed E-state index contributed by atoms with van der Waals surface area (Å²) in [5.74, 6) is 2.19. The van der Waals surface area contributed by atoms with Crippen LogP contribution < -0.4 is 5.73 Å². The van der Waals surface area contributed by atoms with Crippen molar-refractivity contribution in [2.45, 2.75) is 58.5 Å². The molecule has 1 aliphatic carbocycles. The van der Waals surface area contributed by atoms with Crippen LogP contribution >= 0.6 is 0 Å². The van der Waals surface area contributed by atoms with Gasteiger partial charge in [0, 0.05) is 24.1 Å². The van der Waals surface area contributed by atoms with Gasteiger partial charge in [-0.15, -0.1) is 0 Å². The highest BCUT2D eigenvalue weighted by Crippen LogP contribution is 2.33. The summed E-state index contributed by atoms with van der Waals surface area (Å²) in [5, 5.41) is 4.21. The molecular weight excluding hydrogens is 316 g/mol. The number of nitrogens with zero attached hydrogens (tertiary/aromatic N) is 3. The van der Waals surface area contributed by atoms with E-state index in [4.69, 9.17) is 15.5 Å². The Morgan fingerprint density at radius 2 is 2.04 bits per heavy atom. The van der Waals surface area contributed by atoms with Gasteiger partial charge in [0.1, 0.15) is 12.4 Å². The lowest BCUT2D eigenvalue weighted by atomic mass is 9.77. The molecule has 1 aromatic heterocycles. The minimum Gasteiger partial charge on any atom is -0.384 e. The molecule has 0 atom stereocenters. The quantitative estimate of drug-likeness (QED) is 0.908. The highest BCUT2D eigenvalue weighted by atomic mass is 16.5. The van der Waals surface area contributed by atoms with E-state index in [0.717, 1.165) is 43.6 Å². The minimum absolute atomic E-state index is 0.121. The second kappa shape index (κ2) is 7.12. The molecular formula is C19H28N4O2. The van der Waals surface area contributed by atoms with Crippen molar-refractivity contribution in [1.82, 2.24) is 9.78 Å². The second-order valence-corrected chi connectivity index (χ2v) is 7.95. The molecule has 6 heteroatoms. The van der Waals surface area contributed by atoms with Crippen molar-refractivity contribution in [2.75, 3.05) is 6.61 Å². The van der Waals surface area contributed by atoms with Crippen molar-refractivity contribution in [3.63, 3.8) is 0 Å². The molecule has 0 aromatic carbocycles. The van der Waals surface area contributed by atoms with E-state index in [1.807, 2.05) is 32.9 Å². The summed E-state index contributed by atoms with van der Waals surface area (Å²) in [6.07, 6.45) is 8.26. The maximum atomic E-state index is 12.4. The molecule has 3 rings (SSSR count). The fourth-order valence-corrected chi connectivity index (χ4v) is 3.48. The van der Waals surface area contributed by atoms with Gasteiger partial charge in [-0.1, -0.05) is 0 Å². The number of carbonyl (C=O) groups excluding carboxylic acids is 1. The Hall–Kier alpha value is -1.95. The fraction of sp³-hybridized carbons (Fsp3) is 0.632. The Bertz CT molecular complexity index is 689. The zero-order valence-corrected chi connectivity index (χ0v) is 15.4. The van der Waals surface area contributed by atoms with Crippen LogP contribution in [0.1, 0.15) is 52.9 Å². The average Bonchev–Trinajstić information content (AvgIpc) is 2.98. The van der Waals surface area contributed by atoms with Gasteiger partial charge in [-0.2, -0.15) is 9.78 Å². The predicted molar refractivity (Wildman–Crippen MR) is 98.6 cm³/mol. The van der Waals surface area contributed by atoms with Gasteiger partial charge in [0.15, 0.2) is 11.6 Å². The van der Waals surface area contributed by atoms with Crippen LogP contribution in [0.15, 0.2) is 23.3 Å². The van der Waals surface area contributed by atoms with Gasteiger partial charge in [0.05, 0.1) is 11.8 Å². The van der Waals surface area contributed by atoms with Crippen molar-refractivity contribution in [3.8, 4) is 0 Å². The van der Waals surface area contributed by atoms with Gasteiger partial charge in [0.2, 0.25) is 0 Å². The highest BCUT2D eigenvalue weighted by Gasteiger charge is 2.29. The number of nitrogens with two attached hydrogens (primary N) is 1. The van der Waals surface area contributed by atoms with Crippen molar-refractivity contribution in [2.24, 2.45) is 22.6 Å². The van der Waals surface area contributed by atoms with E-state index in [2.05, 4.69) is 5.10 Å². The Labute approximate surface area is 149 Å². The summed E-state index contributed by atoms with van der Waals surface area (Å²) in [7, 11) is 0. The number of allylic oxidation sites excluding steroid dienone is 1. The maximum Gasteiger partial charge on any atom is 0.161 e. The lowest BCUT2D eigenvalue weighted by Crippen LogP contribution is -2.31. The van der Waals surface area contributed by atoms with Crippen LogP contribution in [0.2, 0.25) is 0 Å². The third-order valence-corrected chi connectivity index (χ3v) is 4.95. The van der Waals surface area contributed by atoms with Crippen molar-refractivity contribution >= 4 is 23.1 Å². The van der Waals surface area contributed by atoms with Gasteiger partial charge in [-0.3, -0.25) is 4.79 Å². The molecule has 136 valence electrons. The first-order valence-corrected chi connectivity index (χ1v) is 9.07. The Morgan fingerprint density at radius 3 is 2.72 bits per heavy atom. The third kappa shape index (κ3) is 4.37. The van der Waals surface area contributed by atoms with Crippen LogP contribution in [-0.2, 0) is 9.53 Å². The first-order chi connectivity index (χ1) is 11.8. The standard InChI is InChI=1S/C19H28N4O2/c1-19(2,3)25-12-16(24)14-6-4-13(5-7-14)15-8-9-17(20)23-18(22-15)10-11-21-23/h9-11,13-14H,4-8,12,20H2,1-3H3. The van der Waals surface area contributed by atoms with Crippen LogP contribution in [0, 0.1) is 11.8 Å². The molecule has 0 spiro atoms. The first kappa shape index (κ1) is 17.9. The number of hydrogen-bond donors (Lipinski definition) is 1. The molecule has 1 aromatic rings. The Balaban J connectivity index is 1.59. The van der Waals surface area contributed by atoms with Crippen molar-refractivity contribution in [1.29, 1.82) is 0 Å². The number of fused-ring (bicyclic) bond motifs is 1. The van der Waals surface area contributed by atoms with E-state index >= 15 is 0 Å². The summed E-state index contributed by atoms with van der Waals surface area (Å²) < 4.78 is 7.31. The lowest BCUT2D eigenvalue weighted by Gasteiger charge is -2.29. The smallest absolute Gasteiger partial charge is 0.161 e. The van der Waals surface area contributed by atoms with Gasteiger partial charge in [-0.05, 0) is 58.4 Å². The number of Topliss-reactive ketones (excluding diaryl/α,β-unsaturated/α-hetero) is 1. The van der Waals surface area contributed by atoms with E-state index in [9.17, 15) is 4.79 Å². The van der Waals surface area contributed by atoms with Crippen LogP contribution in [-0.4, -0.2) is 33.5 Å². The molecule has 2 aliphatic rings. The number of hydrogen-bond acceptors (Lipinski definition) is 5. The minimum atomic E-state index is -0.267. The predicted octanol–water partition coefficient (Wildman–Crippen LogP) is 3.31. The van der Waals surface area contributed by atoms with E-state index in [1.165, 1.54) is 0 Å². The summed E-state index contributed by atoms with van der Waals surface area (Å²) in [4.78, 5) is 17.1. The SMILES string of the molecule is CC(C)(C)OCC(=O)C1CCC(C2=Nc3ccnn3C(N)=CC2)CC1. The largest absolute Gasteiger partial charge is 0.384 e. The zero-order valence-electron chi connectivity index (χ0n) is 15.4. The number of carbonyl (C=O) groups is 1. The van der Waals surface area contributed by atoms with Crippen LogP contribution in [0.5, 0.6) is 0 Å². The van der Waals surface area contributed by atoms with Gasteiger partial charge >= 0.3 is 0 Å². The van der Waals surface area contributed by atoms with Gasteiger partial charge < -0.3 is 10.5 Å². The summed E-state index contributed by atoms with van der Waals surface area (Å²) >= 11 is 0. The van der Waals surface area contributed by atoms with Gasteiger partial charge in [-0.25, -0.2) is 4.99 Å². The summed E-state index contributed by atoms with van der Waals surface area (Å²) in [6.45, 7) is 6.15. The van der Waals surface area contributed by atoms with E-state index in [0.29, 0.717) is 11.7 Å². The third-order valence-electron chi connectivity index (χ3n) is 4.95. The normalized spacial score (nSPS) is 24.1. The molecule has 0 saturated heterocycles. The molecule has 1 aliphatic heterocycles. The Kier molecular flexibility index (Phi) is 5.08. The number of ketones is 1. The molecule has 1 fully saturated rings. The van der Waals surface area contributed by atoms with Crippen LogP contribution in [0.25, 0.3) is 5.82 Å². The summed E-state index contributed by atoms with van der Waals surface area (Å²) in [6, 6.07) is 1.88. The van der Waals surface area contributed by atoms with Crippen LogP contribution in [0.3, 0.4) is 0 Å². The monoisotopic (exact) mass is 344 g/mol. The molecule has 0 bridgehead atoms. The molecule has 0 radical (unpaired) electrons. The second-order valence-electron chi connectivity index (χ2n) is 7.95. The van der Waals surface area contributed by atoms with E-state index in [1.54, 1.807) is 10.9 Å². The van der Waals surface area contributed by atoms with E-state index in [-0.39, 0.29) is 23.9 Å². The molecule has 1 saturated carbocycles. The topological polar surface area (TPSA) is 82.5 Å². The molecule has 2 N–H and O–H groups in total. The highest BCUT2D eigenvalue weighted by molar-refractivity contribution is 5.92. The van der Waals surface area contributed by atoms with Crippen molar-refractivity contribution < 1.29 is 9.53 Å². The molecule has 2 heterocycles. The molecule has 0 amide bonds. The average molecular weight is 344 g/mol. The zero-order chi connectivity index (χ0) is 18.0. The molecule has 6 nitrogen and oxygen atoms in total. The van der Waals surface area contributed by atoms with Gasteiger partial charge in [0.25, 0.3) is 0 Å². The first-order valence-electron chi connectivity index (χ1n) is 9.07. The molecule has 25 heavy (non-hydrogen) atoms. The van der Waals surface area contributed by atoms with Crippen molar-refractivity contribution in [3.05, 3.63) is 18.3 Å². The van der Waals surface area contributed by atoms with Crippen LogP contribution in [0.4, 0.5) is 5.82 Å².